The van der Waals surface area contributed by atoms with Crippen molar-refractivity contribution in [1.29, 1.82) is 0 Å². The van der Waals surface area contributed by atoms with Crippen LogP contribution in [-0.2, 0) is 0 Å². The van der Waals surface area contributed by atoms with Crippen molar-refractivity contribution in [2.45, 2.75) is 365 Å². The van der Waals surface area contributed by atoms with Gasteiger partial charge in [-0.3, -0.25) is 0 Å². The first kappa shape index (κ1) is 84.5. The number of rotatable bonds is 0. The molecule has 0 atom stereocenters. The highest BCUT2D eigenvalue weighted by Crippen LogP contribution is 2.25. The molecule has 9 fully saturated rings. The van der Waals surface area contributed by atoms with Gasteiger partial charge in [0.25, 0.3) is 0 Å². The van der Waals surface area contributed by atoms with Gasteiger partial charge in [-0.25, -0.2) is 0 Å². The molecule has 9 rings (SSSR count). The van der Waals surface area contributed by atoms with Gasteiger partial charge in [-0.05, 0) is 11.8 Å². The van der Waals surface area contributed by atoms with Crippen LogP contribution in [0.2, 0.25) is 0 Å². The molecular formula is C57H136. The predicted molar refractivity (Wildman–Crippen MR) is 286 cm³/mol. The van der Waals surface area contributed by atoms with Gasteiger partial charge >= 0.3 is 0 Å². The molecule has 0 saturated heterocycles. The fourth-order valence-electron chi connectivity index (χ4n) is 2.22. The van der Waals surface area contributed by atoms with E-state index in [9.17, 15) is 0 Å². The first-order chi connectivity index (χ1) is 28.3. The Morgan fingerprint density at radius 2 is 0.193 bits per heavy atom. The standard InChI is InChI=1S/2C5H10.4C4H8.3C3H6.11C2H6/c2*1-5-3-2-4-5;4*1-2-4-3-1;3*1-2-3-1;11*1-2/h2*5H,2-4H2,1H3;4*1-4H2;3*1-3H2;11*1-2H3. The Morgan fingerprint density at radius 3 is 0.193 bits per heavy atom. The highest BCUT2D eigenvalue weighted by atomic mass is 14.2. The summed E-state index contributed by atoms with van der Waals surface area (Å²) in [6.07, 6.45) is 46.4. The molecule has 9 saturated carbocycles. The van der Waals surface area contributed by atoms with Gasteiger partial charge in [0.05, 0.1) is 0 Å². The van der Waals surface area contributed by atoms with E-state index >= 15 is 0 Å². The van der Waals surface area contributed by atoms with Crippen LogP contribution >= 0.6 is 0 Å². The van der Waals surface area contributed by atoms with Gasteiger partial charge in [-0.1, -0.05) is 365 Å². The zero-order chi connectivity index (χ0) is 47.1. The number of hydrogen-bond donors (Lipinski definition) is 0. The third-order valence-electron chi connectivity index (χ3n) is 7.85. The van der Waals surface area contributed by atoms with Gasteiger partial charge < -0.3 is 0 Å². The van der Waals surface area contributed by atoms with E-state index in [0.29, 0.717) is 0 Å². The second-order valence-electron chi connectivity index (χ2n) is 12.9. The predicted octanol–water partition coefficient (Wildman–Crippen LogP) is 24.7. The van der Waals surface area contributed by atoms with E-state index in [0.717, 1.165) is 11.8 Å². The summed E-state index contributed by atoms with van der Waals surface area (Å²) in [4.78, 5) is 0. The van der Waals surface area contributed by atoms with Crippen molar-refractivity contribution in [3.63, 3.8) is 0 Å². The average molecular weight is 822 g/mol. The van der Waals surface area contributed by atoms with Crippen molar-refractivity contribution in [2.75, 3.05) is 0 Å². The SMILES string of the molecule is C1CC1.C1CC1.C1CC1.C1CCC1.C1CCC1.C1CCC1.C1CCC1.CC.CC.CC.CC.CC.CC.CC.CC.CC.CC.CC.CC1CCC1.CC1CCC1. The third-order valence-corrected chi connectivity index (χ3v) is 7.85. The van der Waals surface area contributed by atoms with Gasteiger partial charge in [-0.15, -0.1) is 0 Å². The molecule has 0 amide bonds. The highest BCUT2D eigenvalue weighted by molar-refractivity contribution is 4.63. The normalized spacial score (nSPS) is 16.2. The Bertz CT molecular complexity index is 273. The number of hydrogen-bond acceptors (Lipinski definition) is 0. The van der Waals surface area contributed by atoms with Crippen LogP contribution in [0.1, 0.15) is 365 Å². The lowest BCUT2D eigenvalue weighted by molar-refractivity contribution is 0.346. The Morgan fingerprint density at radius 1 is 0.140 bits per heavy atom. The van der Waals surface area contributed by atoms with Crippen molar-refractivity contribution >= 4 is 0 Å². The Kier molecular flexibility index (Phi) is 183. The van der Waals surface area contributed by atoms with Gasteiger partial charge in [0.2, 0.25) is 0 Å². The maximum Gasteiger partial charge on any atom is -0.0443 e. The summed E-state index contributed by atoms with van der Waals surface area (Å²) in [6.45, 7) is 48.6. The third kappa shape index (κ3) is 170. The topological polar surface area (TPSA) is 0 Å². The van der Waals surface area contributed by atoms with Gasteiger partial charge in [-0.2, -0.15) is 0 Å². The van der Waals surface area contributed by atoms with Gasteiger partial charge in [0.15, 0.2) is 0 Å². The maximum atomic E-state index is 2.31. The summed E-state index contributed by atoms with van der Waals surface area (Å²) in [5, 5.41) is 0. The Balaban J connectivity index is -0.0000000440. The molecule has 0 unspecified atom stereocenters. The molecule has 364 valence electrons. The summed E-state index contributed by atoms with van der Waals surface area (Å²) >= 11 is 0. The van der Waals surface area contributed by atoms with Crippen LogP contribution in [0.5, 0.6) is 0 Å². The fraction of sp³-hybridized carbons (Fsp3) is 1.00. The van der Waals surface area contributed by atoms with E-state index in [1.165, 1.54) is 199 Å². The highest BCUT2D eigenvalue weighted by Gasteiger charge is 2.09. The van der Waals surface area contributed by atoms with E-state index in [4.69, 9.17) is 0 Å². The second-order valence-corrected chi connectivity index (χ2v) is 12.9. The minimum atomic E-state index is 1.06. The zero-order valence-electron chi connectivity index (χ0n) is 47.1. The van der Waals surface area contributed by atoms with Gasteiger partial charge in [0, 0.05) is 0 Å². The van der Waals surface area contributed by atoms with Crippen molar-refractivity contribution in [1.82, 2.24) is 0 Å². The molecule has 57 heavy (non-hydrogen) atoms. The van der Waals surface area contributed by atoms with Crippen molar-refractivity contribution in [3.8, 4) is 0 Å². The van der Waals surface area contributed by atoms with E-state index in [1.807, 2.05) is 152 Å². The largest absolute Gasteiger partial charge is 0.0683 e. The Hall–Kier alpha value is 0. The van der Waals surface area contributed by atoms with E-state index in [1.54, 1.807) is 0 Å². The second kappa shape index (κ2) is 124. The molecule has 0 aromatic heterocycles. The van der Waals surface area contributed by atoms with E-state index < -0.39 is 0 Å². The summed E-state index contributed by atoms with van der Waals surface area (Å²) in [5.41, 5.74) is 0. The van der Waals surface area contributed by atoms with Crippen LogP contribution < -0.4 is 0 Å². The van der Waals surface area contributed by atoms with E-state index in [2.05, 4.69) is 13.8 Å². The summed E-state index contributed by atoms with van der Waals surface area (Å²) < 4.78 is 0. The van der Waals surface area contributed by atoms with Crippen LogP contribution in [-0.4, -0.2) is 0 Å². The fourth-order valence-corrected chi connectivity index (χ4v) is 2.22. The summed E-state index contributed by atoms with van der Waals surface area (Å²) in [7, 11) is 0. The lowest BCUT2D eigenvalue weighted by Gasteiger charge is -2.18. The van der Waals surface area contributed by atoms with Crippen LogP contribution in [0.15, 0.2) is 0 Å². The van der Waals surface area contributed by atoms with Crippen LogP contribution in [0.4, 0.5) is 0 Å². The van der Waals surface area contributed by atoms with Gasteiger partial charge in [0.1, 0.15) is 0 Å². The molecule has 0 radical (unpaired) electrons. The first-order valence-electron chi connectivity index (χ1n) is 28.3. The molecule has 0 aliphatic heterocycles. The molecule has 0 aromatic carbocycles. The molecule has 0 heteroatoms. The maximum absolute atomic E-state index is 2.31. The van der Waals surface area contributed by atoms with Crippen molar-refractivity contribution < 1.29 is 0 Å². The molecule has 0 nitrogen and oxygen atoms in total. The minimum Gasteiger partial charge on any atom is -0.0683 e. The Labute approximate surface area is 375 Å². The van der Waals surface area contributed by atoms with Crippen molar-refractivity contribution in [3.05, 3.63) is 0 Å². The lowest BCUT2D eigenvalue weighted by atomic mass is 9.88. The molecule has 9 aliphatic rings. The average Bonchev–Trinajstić information content (AvgIpc) is 4.02. The first-order valence-corrected chi connectivity index (χ1v) is 28.3. The smallest absolute Gasteiger partial charge is 0.0443 e. The summed E-state index contributed by atoms with van der Waals surface area (Å²) in [6, 6.07) is 0. The molecule has 0 N–H and O–H groups in total. The quantitative estimate of drug-likeness (QED) is 0.228. The lowest BCUT2D eigenvalue weighted by Crippen LogP contribution is -2.04. The zero-order valence-corrected chi connectivity index (χ0v) is 47.1. The monoisotopic (exact) mass is 821 g/mol. The molecule has 0 heterocycles. The molecular weight excluding hydrogens is 685 g/mol. The van der Waals surface area contributed by atoms with Crippen molar-refractivity contribution in [2.24, 2.45) is 11.8 Å². The van der Waals surface area contributed by atoms with Crippen LogP contribution in [0.25, 0.3) is 0 Å². The molecule has 0 aromatic rings. The summed E-state index contributed by atoms with van der Waals surface area (Å²) in [5.74, 6) is 2.13. The molecule has 0 spiro atoms. The minimum absolute atomic E-state index is 1.06. The van der Waals surface area contributed by atoms with E-state index in [-0.39, 0.29) is 0 Å². The molecule has 0 bridgehead atoms. The molecule has 9 aliphatic carbocycles. The van der Waals surface area contributed by atoms with Crippen LogP contribution in [0, 0.1) is 11.8 Å². The van der Waals surface area contributed by atoms with Crippen LogP contribution in [0.3, 0.4) is 0 Å².